The van der Waals surface area contributed by atoms with Gasteiger partial charge in [0, 0.05) is 12.3 Å². The molecule has 126 valence electrons. The molecule has 0 radical (unpaired) electrons. The van der Waals surface area contributed by atoms with Crippen molar-refractivity contribution >= 4 is 39.6 Å². The van der Waals surface area contributed by atoms with Gasteiger partial charge in [-0.1, -0.05) is 59.5 Å². The Morgan fingerprint density at radius 1 is 1.08 bits per heavy atom. The van der Waals surface area contributed by atoms with Gasteiger partial charge in [0.1, 0.15) is 6.26 Å². The highest BCUT2D eigenvalue weighted by Crippen LogP contribution is 2.30. The van der Waals surface area contributed by atoms with Crippen molar-refractivity contribution in [1.29, 1.82) is 0 Å². The predicted molar refractivity (Wildman–Crippen MR) is 103 cm³/mol. The van der Waals surface area contributed by atoms with Crippen molar-refractivity contribution in [3.63, 3.8) is 0 Å². The number of rotatable bonds is 7. The van der Waals surface area contributed by atoms with Gasteiger partial charge in [0.15, 0.2) is 4.34 Å². The molecule has 4 rings (SSSR count). The van der Waals surface area contributed by atoms with E-state index >= 15 is 0 Å². The first-order valence-corrected chi connectivity index (χ1v) is 10.3. The molecule has 1 N–H and O–H groups in total. The molecule has 5 nitrogen and oxygen atoms in total. The van der Waals surface area contributed by atoms with Crippen LogP contribution in [-0.4, -0.2) is 15.2 Å². The van der Waals surface area contributed by atoms with Gasteiger partial charge in [0.05, 0.1) is 10.6 Å². The van der Waals surface area contributed by atoms with E-state index in [-0.39, 0.29) is 0 Å². The predicted octanol–water partition coefficient (Wildman–Crippen LogP) is 5.16. The molecule has 0 spiro atoms. The molecule has 0 saturated heterocycles. The fourth-order valence-corrected chi connectivity index (χ4v) is 4.42. The first-order chi connectivity index (χ1) is 12.4. The molecule has 1 aromatic carbocycles. The average Bonchev–Trinajstić information content (AvgIpc) is 3.40. The third-order valence-corrected chi connectivity index (χ3v) is 6.23. The third kappa shape index (κ3) is 4.28. The number of thiophene rings is 1. The van der Waals surface area contributed by atoms with Gasteiger partial charge < -0.3 is 9.73 Å². The van der Waals surface area contributed by atoms with E-state index in [1.807, 2.05) is 35.7 Å². The lowest BCUT2D eigenvalue weighted by molar-refractivity contribution is 0.575. The lowest BCUT2D eigenvalue weighted by atomic mass is 10.2. The summed E-state index contributed by atoms with van der Waals surface area (Å²) < 4.78 is 6.44. The van der Waals surface area contributed by atoms with Gasteiger partial charge in [-0.05, 0) is 17.0 Å². The highest BCUT2D eigenvalue weighted by atomic mass is 32.2. The third-order valence-electron chi connectivity index (χ3n) is 3.32. The topological polar surface area (TPSA) is 63.8 Å². The number of thioether (sulfide) groups is 1. The van der Waals surface area contributed by atoms with E-state index in [1.165, 1.54) is 5.56 Å². The fraction of sp³-hybridized carbons (Fsp3) is 0.118. The molecule has 0 aliphatic heterocycles. The van der Waals surface area contributed by atoms with Crippen LogP contribution in [0.15, 0.2) is 62.9 Å². The molecule has 0 aliphatic carbocycles. The number of aromatic nitrogens is 3. The Hall–Kier alpha value is -2.16. The summed E-state index contributed by atoms with van der Waals surface area (Å²) in [5.74, 6) is 1.38. The van der Waals surface area contributed by atoms with Crippen LogP contribution in [0.1, 0.15) is 11.3 Å². The monoisotopic (exact) mass is 386 g/mol. The highest BCUT2D eigenvalue weighted by molar-refractivity contribution is 8.00. The average molecular weight is 387 g/mol. The molecular weight excluding hydrogens is 372 g/mol. The van der Waals surface area contributed by atoms with E-state index in [1.54, 1.807) is 40.7 Å². The second-order valence-electron chi connectivity index (χ2n) is 5.12. The fourth-order valence-electron chi connectivity index (χ4n) is 2.14. The SMILES string of the molecule is c1ccc(CNc2nnc(SCc3coc(-c4cccs4)n3)s2)cc1. The molecule has 3 heterocycles. The Morgan fingerprint density at radius 3 is 2.84 bits per heavy atom. The number of anilines is 1. The molecule has 0 fully saturated rings. The summed E-state index contributed by atoms with van der Waals surface area (Å²) in [6, 6.07) is 14.2. The minimum Gasteiger partial charge on any atom is -0.444 e. The number of benzene rings is 1. The molecule has 8 heteroatoms. The smallest absolute Gasteiger partial charge is 0.236 e. The zero-order valence-corrected chi connectivity index (χ0v) is 15.5. The van der Waals surface area contributed by atoms with Crippen LogP contribution in [0.2, 0.25) is 0 Å². The van der Waals surface area contributed by atoms with Crippen molar-refractivity contribution in [2.45, 2.75) is 16.6 Å². The Balaban J connectivity index is 1.31. The van der Waals surface area contributed by atoms with E-state index in [0.29, 0.717) is 11.6 Å². The van der Waals surface area contributed by atoms with Gasteiger partial charge in [0.2, 0.25) is 11.0 Å². The first kappa shape index (κ1) is 16.3. The van der Waals surface area contributed by atoms with Crippen molar-refractivity contribution in [3.05, 3.63) is 65.4 Å². The number of nitrogens with zero attached hydrogens (tertiary/aromatic N) is 3. The van der Waals surface area contributed by atoms with Gasteiger partial charge in [-0.3, -0.25) is 0 Å². The lowest BCUT2D eigenvalue weighted by Gasteiger charge is -2.00. The lowest BCUT2D eigenvalue weighted by Crippen LogP contribution is -1.98. The van der Waals surface area contributed by atoms with Gasteiger partial charge in [0.25, 0.3) is 0 Å². The number of oxazole rings is 1. The maximum Gasteiger partial charge on any atom is 0.236 e. The van der Waals surface area contributed by atoms with Crippen LogP contribution in [0.5, 0.6) is 0 Å². The minimum absolute atomic E-state index is 0.674. The Kier molecular flexibility index (Phi) is 5.10. The van der Waals surface area contributed by atoms with Crippen LogP contribution in [0.3, 0.4) is 0 Å². The van der Waals surface area contributed by atoms with Crippen molar-refractivity contribution in [3.8, 4) is 10.8 Å². The van der Waals surface area contributed by atoms with Crippen molar-refractivity contribution in [2.24, 2.45) is 0 Å². The van der Waals surface area contributed by atoms with Crippen LogP contribution >= 0.6 is 34.4 Å². The van der Waals surface area contributed by atoms with E-state index in [0.717, 1.165) is 26.6 Å². The van der Waals surface area contributed by atoms with Crippen molar-refractivity contribution < 1.29 is 4.42 Å². The van der Waals surface area contributed by atoms with E-state index in [4.69, 9.17) is 4.42 Å². The summed E-state index contributed by atoms with van der Waals surface area (Å²) in [6.07, 6.45) is 1.71. The molecule has 0 amide bonds. The van der Waals surface area contributed by atoms with Crippen LogP contribution in [-0.2, 0) is 12.3 Å². The summed E-state index contributed by atoms with van der Waals surface area (Å²) in [4.78, 5) is 5.56. The van der Waals surface area contributed by atoms with Crippen LogP contribution < -0.4 is 5.32 Å². The maximum absolute atomic E-state index is 5.53. The Bertz CT molecular complexity index is 918. The molecule has 25 heavy (non-hydrogen) atoms. The molecule has 0 atom stereocenters. The Labute approximate surface area is 157 Å². The van der Waals surface area contributed by atoms with Gasteiger partial charge in [-0.2, -0.15) is 0 Å². The van der Waals surface area contributed by atoms with E-state index in [2.05, 4.69) is 32.6 Å². The normalized spacial score (nSPS) is 10.9. The largest absolute Gasteiger partial charge is 0.444 e. The molecule has 0 aliphatic rings. The molecule has 0 unspecified atom stereocenters. The van der Waals surface area contributed by atoms with Crippen LogP contribution in [0, 0.1) is 0 Å². The molecule has 3 aromatic heterocycles. The second kappa shape index (κ2) is 7.81. The minimum atomic E-state index is 0.674. The highest BCUT2D eigenvalue weighted by Gasteiger charge is 2.10. The first-order valence-electron chi connectivity index (χ1n) is 7.59. The van der Waals surface area contributed by atoms with E-state index in [9.17, 15) is 0 Å². The zero-order valence-electron chi connectivity index (χ0n) is 13.1. The van der Waals surface area contributed by atoms with Gasteiger partial charge >= 0.3 is 0 Å². The summed E-state index contributed by atoms with van der Waals surface area (Å²) >= 11 is 4.78. The number of hydrogen-bond donors (Lipinski definition) is 1. The van der Waals surface area contributed by atoms with Gasteiger partial charge in [-0.25, -0.2) is 4.98 Å². The summed E-state index contributed by atoms with van der Waals surface area (Å²) in [5, 5.41) is 14.5. The summed E-state index contributed by atoms with van der Waals surface area (Å²) in [7, 11) is 0. The maximum atomic E-state index is 5.53. The molecule has 0 bridgehead atoms. The molecule has 0 saturated carbocycles. The van der Waals surface area contributed by atoms with Crippen LogP contribution in [0.25, 0.3) is 10.8 Å². The second-order valence-corrected chi connectivity index (χ2v) is 8.27. The van der Waals surface area contributed by atoms with Crippen LogP contribution in [0.4, 0.5) is 5.13 Å². The number of nitrogens with one attached hydrogen (secondary N) is 1. The quantitative estimate of drug-likeness (QED) is 0.443. The van der Waals surface area contributed by atoms with Crippen molar-refractivity contribution in [2.75, 3.05) is 5.32 Å². The summed E-state index contributed by atoms with van der Waals surface area (Å²) in [5.41, 5.74) is 2.12. The zero-order chi connectivity index (χ0) is 16.9. The van der Waals surface area contributed by atoms with E-state index < -0.39 is 0 Å². The van der Waals surface area contributed by atoms with Crippen molar-refractivity contribution in [1.82, 2.24) is 15.2 Å². The molecule has 4 aromatic rings. The van der Waals surface area contributed by atoms with Gasteiger partial charge in [-0.15, -0.1) is 21.5 Å². The Morgan fingerprint density at radius 2 is 2.00 bits per heavy atom. The number of hydrogen-bond acceptors (Lipinski definition) is 8. The standard InChI is InChI=1S/C17H14N4OS3/c1-2-5-12(6-3-1)9-18-16-20-21-17(25-16)24-11-13-10-22-15(19-13)14-7-4-8-23-14/h1-8,10H,9,11H2,(H,18,20). The summed E-state index contributed by atoms with van der Waals surface area (Å²) in [6.45, 7) is 0.744. The molecular formula is C17H14N4OS3.